The Labute approximate surface area is 162 Å². The van der Waals surface area contributed by atoms with Gasteiger partial charge in [0.05, 0.1) is 29.4 Å². The highest BCUT2D eigenvalue weighted by Gasteiger charge is 2.21. The van der Waals surface area contributed by atoms with Crippen LogP contribution in [-0.4, -0.2) is 44.1 Å². The Bertz CT molecular complexity index is 897. The van der Waals surface area contributed by atoms with Crippen molar-refractivity contribution in [2.24, 2.45) is 0 Å². The van der Waals surface area contributed by atoms with Crippen LogP contribution in [0.15, 0.2) is 42.5 Å². The predicted molar refractivity (Wildman–Crippen MR) is 104 cm³/mol. The van der Waals surface area contributed by atoms with Crippen LogP contribution in [0.5, 0.6) is 5.75 Å². The van der Waals surface area contributed by atoms with E-state index in [1.54, 1.807) is 18.2 Å². The molecule has 1 amide bonds. The number of amides is 1. The van der Waals surface area contributed by atoms with E-state index in [1.165, 1.54) is 32.2 Å². The molecule has 0 aromatic heterocycles. The molecule has 0 aliphatic heterocycles. The predicted octanol–water partition coefficient (Wildman–Crippen LogP) is 2.85. The number of nitrogens with one attached hydrogen (secondary N) is 1. The first-order chi connectivity index (χ1) is 13.2. The maximum Gasteiger partial charge on any atom is 0.338 e. The topological polar surface area (TPSA) is 111 Å². The average Bonchev–Trinajstić information content (AvgIpc) is 2.67. The molecule has 0 fully saturated rings. The number of carbonyl (C=O) groups excluding carboxylic acids is 2. The lowest BCUT2D eigenvalue weighted by atomic mass is 10.2. The van der Waals surface area contributed by atoms with Gasteiger partial charge in [0, 0.05) is 25.8 Å². The van der Waals surface area contributed by atoms with Crippen molar-refractivity contribution in [1.29, 1.82) is 0 Å². The lowest BCUT2D eigenvalue weighted by Gasteiger charge is -2.16. The molecule has 0 unspecified atom stereocenters. The van der Waals surface area contributed by atoms with E-state index in [1.807, 2.05) is 25.1 Å². The highest BCUT2D eigenvalue weighted by molar-refractivity contribution is 5.98. The Morgan fingerprint density at radius 2 is 1.89 bits per heavy atom. The maximum atomic E-state index is 12.4. The molecule has 2 aromatic rings. The number of nitro benzene ring substituents is 1. The number of benzene rings is 2. The summed E-state index contributed by atoms with van der Waals surface area (Å²) in [7, 11) is 5.02. The van der Waals surface area contributed by atoms with Crippen molar-refractivity contribution in [2.75, 3.05) is 31.4 Å². The Morgan fingerprint density at radius 3 is 2.50 bits per heavy atom. The van der Waals surface area contributed by atoms with Crippen LogP contribution in [0, 0.1) is 10.1 Å². The average molecular weight is 387 g/mol. The van der Waals surface area contributed by atoms with Gasteiger partial charge in [-0.3, -0.25) is 14.9 Å². The van der Waals surface area contributed by atoms with Gasteiger partial charge < -0.3 is 19.7 Å². The van der Waals surface area contributed by atoms with Gasteiger partial charge in [0.15, 0.2) is 6.10 Å². The molecule has 0 radical (unpaired) electrons. The molecular weight excluding hydrogens is 366 g/mol. The normalized spacial score (nSPS) is 11.3. The fraction of sp³-hybridized carbons (Fsp3) is 0.263. The first-order valence-electron chi connectivity index (χ1n) is 8.34. The van der Waals surface area contributed by atoms with Crippen LogP contribution in [-0.2, 0) is 9.53 Å². The van der Waals surface area contributed by atoms with Gasteiger partial charge in [-0.1, -0.05) is 6.07 Å². The molecule has 0 aliphatic rings. The third kappa shape index (κ3) is 4.97. The lowest BCUT2D eigenvalue weighted by Crippen LogP contribution is -2.30. The summed E-state index contributed by atoms with van der Waals surface area (Å²) in [6, 6.07) is 10.6. The highest BCUT2D eigenvalue weighted by atomic mass is 16.6. The lowest BCUT2D eigenvalue weighted by molar-refractivity contribution is -0.384. The number of methoxy groups -OCH3 is 1. The fourth-order valence-electron chi connectivity index (χ4n) is 2.32. The molecule has 0 heterocycles. The summed E-state index contributed by atoms with van der Waals surface area (Å²) in [6.45, 7) is 1.43. The van der Waals surface area contributed by atoms with E-state index < -0.39 is 22.9 Å². The molecule has 0 spiro atoms. The van der Waals surface area contributed by atoms with Gasteiger partial charge >= 0.3 is 5.97 Å². The summed E-state index contributed by atoms with van der Waals surface area (Å²) in [5.41, 5.74) is 1.20. The second kappa shape index (κ2) is 8.85. The van der Waals surface area contributed by atoms with Crippen LogP contribution in [0.1, 0.15) is 17.3 Å². The van der Waals surface area contributed by atoms with Gasteiger partial charge in [-0.2, -0.15) is 0 Å². The number of carbonyl (C=O) groups is 2. The molecule has 0 saturated heterocycles. The minimum absolute atomic E-state index is 0.125. The monoisotopic (exact) mass is 387 g/mol. The summed E-state index contributed by atoms with van der Waals surface area (Å²) in [5, 5.41) is 13.4. The quantitative estimate of drug-likeness (QED) is 0.442. The molecule has 2 aromatic carbocycles. The van der Waals surface area contributed by atoms with Crippen molar-refractivity contribution in [2.45, 2.75) is 13.0 Å². The molecule has 28 heavy (non-hydrogen) atoms. The summed E-state index contributed by atoms with van der Waals surface area (Å²) in [6.07, 6.45) is -1.09. The van der Waals surface area contributed by atoms with E-state index in [0.717, 1.165) is 5.69 Å². The summed E-state index contributed by atoms with van der Waals surface area (Å²) < 4.78 is 10.3. The number of anilines is 2. The van der Waals surface area contributed by atoms with Crippen molar-refractivity contribution < 1.29 is 24.0 Å². The summed E-state index contributed by atoms with van der Waals surface area (Å²) in [5.74, 6) is -1.11. The molecule has 148 valence electrons. The number of rotatable bonds is 7. The fourth-order valence-corrected chi connectivity index (χ4v) is 2.32. The summed E-state index contributed by atoms with van der Waals surface area (Å²) in [4.78, 5) is 36.8. The first-order valence-corrected chi connectivity index (χ1v) is 8.34. The van der Waals surface area contributed by atoms with E-state index in [2.05, 4.69) is 5.32 Å². The van der Waals surface area contributed by atoms with Crippen molar-refractivity contribution in [3.63, 3.8) is 0 Å². The number of nitro groups is 1. The van der Waals surface area contributed by atoms with Crippen LogP contribution in [0.2, 0.25) is 0 Å². The molecule has 9 nitrogen and oxygen atoms in total. The minimum atomic E-state index is -1.09. The zero-order valence-corrected chi connectivity index (χ0v) is 16.0. The van der Waals surface area contributed by atoms with E-state index >= 15 is 0 Å². The number of esters is 1. The van der Waals surface area contributed by atoms with Gasteiger partial charge in [0.2, 0.25) is 0 Å². The summed E-state index contributed by atoms with van der Waals surface area (Å²) >= 11 is 0. The van der Waals surface area contributed by atoms with Gasteiger partial charge in [-0.05, 0) is 31.2 Å². The van der Waals surface area contributed by atoms with E-state index in [4.69, 9.17) is 9.47 Å². The highest BCUT2D eigenvalue weighted by Crippen LogP contribution is 2.29. The molecule has 0 saturated carbocycles. The van der Waals surface area contributed by atoms with E-state index in [0.29, 0.717) is 5.56 Å². The molecule has 0 aliphatic carbocycles. The molecule has 0 bridgehead atoms. The number of hydrogen-bond acceptors (Lipinski definition) is 7. The zero-order chi connectivity index (χ0) is 20.8. The van der Waals surface area contributed by atoms with E-state index in [9.17, 15) is 19.7 Å². The van der Waals surface area contributed by atoms with Crippen molar-refractivity contribution >= 4 is 28.9 Å². The third-order valence-corrected chi connectivity index (χ3v) is 3.91. The molecular formula is C19H21N3O6. The largest absolute Gasteiger partial charge is 0.494 e. The van der Waals surface area contributed by atoms with Crippen LogP contribution in [0.3, 0.4) is 0 Å². The van der Waals surface area contributed by atoms with Gasteiger partial charge in [0.25, 0.3) is 11.6 Å². The number of non-ortho nitro benzene ring substituents is 1. The van der Waals surface area contributed by atoms with E-state index in [-0.39, 0.29) is 17.1 Å². The van der Waals surface area contributed by atoms with Gasteiger partial charge in [-0.15, -0.1) is 0 Å². The molecule has 2 rings (SSSR count). The van der Waals surface area contributed by atoms with Crippen LogP contribution in [0.4, 0.5) is 17.1 Å². The molecule has 1 atom stereocenters. The molecule has 1 N–H and O–H groups in total. The van der Waals surface area contributed by atoms with Crippen LogP contribution in [0.25, 0.3) is 0 Å². The number of nitrogens with zero attached hydrogens (tertiary/aromatic N) is 2. The standard InChI is InChI=1S/C19H21N3O6/c1-12(28-19(24)13-6-5-7-14(10-13)21(2)3)18(23)20-16-9-8-15(22(25)26)11-17(16)27-4/h5-12H,1-4H3,(H,20,23)/t12-/m0/s1. The van der Waals surface area contributed by atoms with Crippen LogP contribution < -0.4 is 15.0 Å². The Hall–Kier alpha value is -3.62. The maximum absolute atomic E-state index is 12.4. The zero-order valence-electron chi connectivity index (χ0n) is 16.0. The second-order valence-electron chi connectivity index (χ2n) is 6.12. The van der Waals surface area contributed by atoms with Crippen molar-refractivity contribution in [3.05, 3.63) is 58.1 Å². The van der Waals surface area contributed by atoms with Crippen molar-refractivity contribution in [1.82, 2.24) is 0 Å². The Morgan fingerprint density at radius 1 is 1.18 bits per heavy atom. The van der Waals surface area contributed by atoms with Gasteiger partial charge in [-0.25, -0.2) is 4.79 Å². The van der Waals surface area contributed by atoms with Gasteiger partial charge in [0.1, 0.15) is 5.75 Å². The second-order valence-corrected chi connectivity index (χ2v) is 6.12. The Kier molecular flexibility index (Phi) is 6.54. The smallest absolute Gasteiger partial charge is 0.338 e. The SMILES string of the molecule is COc1cc([N+](=O)[O-])ccc1NC(=O)[C@H](C)OC(=O)c1cccc(N(C)C)c1. The number of ether oxygens (including phenoxy) is 2. The number of hydrogen-bond donors (Lipinski definition) is 1. The van der Waals surface area contributed by atoms with Crippen molar-refractivity contribution in [3.8, 4) is 5.75 Å². The Balaban J connectivity index is 2.08. The first kappa shape index (κ1) is 20.7. The minimum Gasteiger partial charge on any atom is -0.494 e. The molecule has 9 heteroatoms. The van der Waals surface area contributed by atoms with Crippen LogP contribution >= 0.6 is 0 Å². The third-order valence-electron chi connectivity index (χ3n) is 3.91.